The number of hydrogen-bond donors (Lipinski definition) is 1. The van der Waals surface area contributed by atoms with E-state index in [1.165, 1.54) is 0 Å². The molecule has 0 saturated carbocycles. The number of rotatable bonds is 6. The molecular formula is C20H19Cl2FN2O2. The van der Waals surface area contributed by atoms with Crippen LogP contribution in [0.1, 0.15) is 35.8 Å². The van der Waals surface area contributed by atoms with Crippen molar-refractivity contribution in [3.05, 3.63) is 76.0 Å². The van der Waals surface area contributed by atoms with Gasteiger partial charge in [0.1, 0.15) is 6.10 Å². The first kappa shape index (κ1) is 19.8. The zero-order valence-corrected chi connectivity index (χ0v) is 16.1. The number of carbonyl (C=O) groups excluding carboxylic acids is 1. The Balaban J connectivity index is 1.80. The smallest absolute Gasteiger partial charge is 0.262 e. The maximum atomic E-state index is 15.7. The van der Waals surface area contributed by atoms with E-state index in [0.717, 1.165) is 0 Å². The van der Waals surface area contributed by atoms with Crippen LogP contribution >= 0.6 is 23.2 Å². The van der Waals surface area contributed by atoms with Gasteiger partial charge in [-0.25, -0.2) is 4.39 Å². The monoisotopic (exact) mass is 408 g/mol. The number of ether oxygens (including phenoxy) is 1. The summed E-state index contributed by atoms with van der Waals surface area (Å²) in [7, 11) is 0. The molecule has 1 aliphatic rings. The highest BCUT2D eigenvalue weighted by atomic mass is 35.5. The second kappa shape index (κ2) is 8.38. The van der Waals surface area contributed by atoms with Crippen molar-refractivity contribution in [2.75, 3.05) is 6.61 Å². The molecule has 0 aliphatic heterocycles. The molecule has 0 fully saturated rings. The molecule has 0 saturated heterocycles. The summed E-state index contributed by atoms with van der Waals surface area (Å²) >= 11 is 12.0. The maximum Gasteiger partial charge on any atom is 0.262 e. The lowest BCUT2D eigenvalue weighted by Gasteiger charge is -2.34. The van der Waals surface area contributed by atoms with Gasteiger partial charge in [-0.1, -0.05) is 41.4 Å². The first-order valence-corrected chi connectivity index (χ1v) is 9.30. The molecule has 1 amide bonds. The molecule has 0 spiro atoms. The van der Waals surface area contributed by atoms with Gasteiger partial charge in [-0.2, -0.15) is 0 Å². The predicted octanol–water partition coefficient (Wildman–Crippen LogP) is 4.91. The minimum atomic E-state index is -2.17. The van der Waals surface area contributed by atoms with Crippen LogP contribution in [0.3, 0.4) is 0 Å². The highest BCUT2D eigenvalue weighted by Gasteiger charge is 2.47. The molecule has 2 atom stereocenters. The average molecular weight is 409 g/mol. The van der Waals surface area contributed by atoms with Gasteiger partial charge in [-0.05, 0) is 36.6 Å². The van der Waals surface area contributed by atoms with Crippen LogP contribution in [0.25, 0.3) is 0 Å². The van der Waals surface area contributed by atoms with Crippen LogP contribution in [0.2, 0.25) is 10.0 Å². The van der Waals surface area contributed by atoms with Crippen molar-refractivity contribution in [1.29, 1.82) is 0 Å². The third-order valence-corrected chi connectivity index (χ3v) is 5.14. The zero-order valence-electron chi connectivity index (χ0n) is 14.6. The van der Waals surface area contributed by atoms with Gasteiger partial charge in [-0.3, -0.25) is 9.78 Å². The molecule has 3 rings (SSSR count). The second-order valence-corrected chi connectivity index (χ2v) is 7.15. The number of amides is 1. The van der Waals surface area contributed by atoms with Gasteiger partial charge in [0.2, 0.25) is 5.67 Å². The number of pyridine rings is 1. The third kappa shape index (κ3) is 4.15. The molecule has 0 radical (unpaired) electrons. The summed E-state index contributed by atoms with van der Waals surface area (Å²) in [6.45, 7) is 4.06. The van der Waals surface area contributed by atoms with Crippen molar-refractivity contribution in [2.24, 2.45) is 0 Å². The number of nitrogens with one attached hydrogen (secondary N) is 1. The third-order valence-electron chi connectivity index (χ3n) is 4.55. The first-order chi connectivity index (χ1) is 13.0. The fourth-order valence-electron chi connectivity index (χ4n) is 3.17. The Kier molecular flexibility index (Phi) is 6.15. The molecular weight excluding hydrogens is 390 g/mol. The van der Waals surface area contributed by atoms with Crippen LogP contribution in [-0.4, -0.2) is 17.5 Å². The van der Waals surface area contributed by atoms with Crippen molar-refractivity contribution in [1.82, 2.24) is 10.3 Å². The normalized spacial score (nSPS) is 21.4. The topological polar surface area (TPSA) is 51.2 Å². The van der Waals surface area contributed by atoms with E-state index in [-0.39, 0.29) is 24.6 Å². The highest BCUT2D eigenvalue weighted by molar-refractivity contribution is 6.35. The molecule has 1 aromatic heterocycles. The summed E-state index contributed by atoms with van der Waals surface area (Å²) in [4.78, 5) is 17.0. The Labute approximate surface area is 167 Å². The van der Waals surface area contributed by atoms with Crippen molar-refractivity contribution < 1.29 is 13.9 Å². The molecule has 142 valence electrons. The SMILES string of the molecule is C=CCO[C@H]1CC[C@@](F)(C(=O)NCc2ccc(Cl)cc2Cl)c2cccnc21. The van der Waals surface area contributed by atoms with Gasteiger partial charge in [-0.15, -0.1) is 6.58 Å². The molecule has 0 unspecified atom stereocenters. The Morgan fingerprint density at radius 3 is 3.00 bits per heavy atom. The van der Waals surface area contributed by atoms with Crippen LogP contribution in [0, 0.1) is 0 Å². The summed E-state index contributed by atoms with van der Waals surface area (Å²) in [5.41, 5.74) is -0.818. The summed E-state index contributed by atoms with van der Waals surface area (Å²) in [5.74, 6) is -0.718. The Bertz CT molecular complexity index is 862. The van der Waals surface area contributed by atoms with Crippen molar-refractivity contribution in [3.63, 3.8) is 0 Å². The number of nitrogens with zero attached hydrogens (tertiary/aromatic N) is 1. The summed E-state index contributed by atoms with van der Waals surface area (Å²) in [6, 6.07) is 8.15. The fraction of sp³-hybridized carbons (Fsp3) is 0.300. The van der Waals surface area contributed by atoms with E-state index in [1.807, 2.05) is 0 Å². The average Bonchev–Trinajstić information content (AvgIpc) is 2.67. The van der Waals surface area contributed by atoms with E-state index in [9.17, 15) is 4.79 Å². The molecule has 4 nitrogen and oxygen atoms in total. The number of benzene rings is 1. The van der Waals surface area contributed by atoms with Crippen LogP contribution in [0.5, 0.6) is 0 Å². The maximum absolute atomic E-state index is 15.7. The van der Waals surface area contributed by atoms with Gasteiger partial charge < -0.3 is 10.1 Å². The molecule has 1 aliphatic carbocycles. The van der Waals surface area contributed by atoms with Crippen LogP contribution in [-0.2, 0) is 21.7 Å². The van der Waals surface area contributed by atoms with Gasteiger partial charge in [0, 0.05) is 28.4 Å². The molecule has 1 N–H and O–H groups in total. The summed E-state index contributed by atoms with van der Waals surface area (Å²) < 4.78 is 21.4. The summed E-state index contributed by atoms with van der Waals surface area (Å²) in [5, 5.41) is 3.55. The van der Waals surface area contributed by atoms with Crippen molar-refractivity contribution >= 4 is 29.1 Å². The standard InChI is InChI=1S/C20H19Cl2FN2O2/c1-2-10-27-17-7-8-20(23,15-4-3-9-24-18(15)17)19(26)25-12-13-5-6-14(21)11-16(13)22/h2-6,9,11,17H,1,7-8,10,12H2,(H,25,26)/t17-,20-/m0/s1. The van der Waals surface area contributed by atoms with Gasteiger partial charge in [0.15, 0.2) is 0 Å². The number of carbonyl (C=O) groups is 1. The summed E-state index contributed by atoms with van der Waals surface area (Å²) in [6.07, 6.45) is 3.20. The molecule has 0 bridgehead atoms. The number of aromatic nitrogens is 1. The molecule has 2 aromatic rings. The quantitative estimate of drug-likeness (QED) is 0.690. The number of halogens is 3. The van der Waals surface area contributed by atoms with E-state index in [1.54, 1.807) is 42.6 Å². The lowest BCUT2D eigenvalue weighted by molar-refractivity contribution is -0.136. The molecule has 27 heavy (non-hydrogen) atoms. The Hall–Kier alpha value is -1.95. The Morgan fingerprint density at radius 1 is 1.44 bits per heavy atom. The molecule has 1 heterocycles. The second-order valence-electron chi connectivity index (χ2n) is 6.31. The molecule has 7 heteroatoms. The minimum Gasteiger partial charge on any atom is -0.368 e. The van der Waals surface area contributed by atoms with E-state index < -0.39 is 11.6 Å². The van der Waals surface area contributed by atoms with Gasteiger partial charge in [0.25, 0.3) is 5.91 Å². The van der Waals surface area contributed by atoms with E-state index in [2.05, 4.69) is 16.9 Å². The van der Waals surface area contributed by atoms with Crippen LogP contribution in [0.4, 0.5) is 4.39 Å². The van der Waals surface area contributed by atoms with Crippen LogP contribution in [0.15, 0.2) is 49.2 Å². The minimum absolute atomic E-state index is 0.00763. The van der Waals surface area contributed by atoms with Crippen molar-refractivity contribution in [2.45, 2.75) is 31.2 Å². The number of fused-ring (bicyclic) bond motifs is 1. The molecule has 1 aromatic carbocycles. The fourth-order valence-corrected chi connectivity index (χ4v) is 3.65. The first-order valence-electron chi connectivity index (χ1n) is 8.54. The van der Waals surface area contributed by atoms with E-state index >= 15 is 4.39 Å². The van der Waals surface area contributed by atoms with Gasteiger partial charge >= 0.3 is 0 Å². The highest BCUT2D eigenvalue weighted by Crippen LogP contribution is 2.43. The van der Waals surface area contributed by atoms with Crippen molar-refractivity contribution in [3.8, 4) is 0 Å². The van der Waals surface area contributed by atoms with Crippen LogP contribution < -0.4 is 5.32 Å². The van der Waals surface area contributed by atoms with E-state index in [4.69, 9.17) is 27.9 Å². The number of hydrogen-bond acceptors (Lipinski definition) is 3. The number of alkyl halides is 1. The lowest BCUT2D eigenvalue weighted by Crippen LogP contribution is -2.44. The lowest BCUT2D eigenvalue weighted by atomic mass is 9.80. The zero-order chi connectivity index (χ0) is 19.4. The predicted molar refractivity (Wildman–Crippen MR) is 103 cm³/mol. The van der Waals surface area contributed by atoms with E-state index in [0.29, 0.717) is 34.3 Å². The largest absolute Gasteiger partial charge is 0.368 e. The van der Waals surface area contributed by atoms with Gasteiger partial charge in [0.05, 0.1) is 12.3 Å². The Morgan fingerprint density at radius 2 is 2.26 bits per heavy atom.